The topological polar surface area (TPSA) is 71.3 Å². The summed E-state index contributed by atoms with van der Waals surface area (Å²) in [6.45, 7) is 0. The Morgan fingerprint density at radius 2 is 1.79 bits per heavy atom. The van der Waals surface area contributed by atoms with E-state index in [0.717, 1.165) is 39.9 Å². The minimum Gasteiger partial charge on any atom is -0.481 e. The van der Waals surface area contributed by atoms with E-state index in [-0.39, 0.29) is 12.0 Å². The van der Waals surface area contributed by atoms with Gasteiger partial charge in [-0.15, -0.1) is 0 Å². The molecule has 1 fully saturated rings. The van der Waals surface area contributed by atoms with E-state index in [9.17, 15) is 9.00 Å². The number of aryl methyl sites for hydroxylation is 1. The molecule has 2 aromatic carbocycles. The molecule has 1 saturated carbocycles. The molecule has 1 unspecified atom stereocenters. The van der Waals surface area contributed by atoms with Crippen LogP contribution in [-0.2, 0) is 22.8 Å². The summed E-state index contributed by atoms with van der Waals surface area (Å²) >= 11 is 0. The third-order valence-electron chi connectivity index (χ3n) is 5.65. The van der Waals surface area contributed by atoms with Gasteiger partial charge in [-0.05, 0) is 49.4 Å². The van der Waals surface area contributed by atoms with Gasteiger partial charge in [-0.3, -0.25) is 4.79 Å². The molecule has 0 saturated heterocycles. The molecule has 6 heteroatoms. The Kier molecular flexibility index (Phi) is 5.33. The SMILES string of the molecule is Cn1c(-c2ccccc2)cc2ccc(S(=O)NC3CCC(C(=O)O)CC3)cc21. The molecule has 1 aliphatic carbocycles. The van der Waals surface area contributed by atoms with Crippen LogP contribution in [0.25, 0.3) is 22.2 Å². The maximum atomic E-state index is 12.8. The van der Waals surface area contributed by atoms with Crippen LogP contribution in [0.4, 0.5) is 0 Å². The first-order chi connectivity index (χ1) is 13.5. The number of aromatic nitrogens is 1. The third kappa shape index (κ3) is 3.75. The van der Waals surface area contributed by atoms with Crippen LogP contribution in [0.3, 0.4) is 0 Å². The highest BCUT2D eigenvalue weighted by atomic mass is 32.2. The fourth-order valence-corrected chi connectivity index (χ4v) is 5.07. The van der Waals surface area contributed by atoms with Crippen LogP contribution in [0, 0.1) is 5.92 Å². The number of hydrogen-bond donors (Lipinski definition) is 2. The number of rotatable bonds is 5. The van der Waals surface area contributed by atoms with Crippen molar-refractivity contribution in [3.8, 4) is 11.3 Å². The Bertz CT molecular complexity index is 1020. The third-order valence-corrected chi connectivity index (χ3v) is 6.88. The maximum absolute atomic E-state index is 12.8. The highest BCUT2D eigenvalue weighted by molar-refractivity contribution is 7.83. The molecule has 5 nitrogen and oxygen atoms in total. The van der Waals surface area contributed by atoms with E-state index in [1.165, 1.54) is 0 Å². The first-order valence-electron chi connectivity index (χ1n) is 9.58. The molecule has 0 amide bonds. The summed E-state index contributed by atoms with van der Waals surface area (Å²) in [5.41, 5.74) is 3.32. The van der Waals surface area contributed by atoms with Crippen LogP contribution in [0.15, 0.2) is 59.5 Å². The van der Waals surface area contributed by atoms with E-state index < -0.39 is 17.0 Å². The lowest BCUT2D eigenvalue weighted by atomic mass is 9.87. The van der Waals surface area contributed by atoms with E-state index in [1.54, 1.807) is 0 Å². The Balaban J connectivity index is 1.52. The summed E-state index contributed by atoms with van der Waals surface area (Å²) in [7, 11) is 0.713. The molecule has 0 spiro atoms. The number of benzene rings is 2. The second kappa shape index (κ2) is 7.89. The van der Waals surface area contributed by atoms with Crippen molar-refractivity contribution in [3.63, 3.8) is 0 Å². The minimum absolute atomic E-state index is 0.0976. The van der Waals surface area contributed by atoms with Gasteiger partial charge in [-0.1, -0.05) is 36.4 Å². The number of carboxylic acids is 1. The fourth-order valence-electron chi connectivity index (χ4n) is 3.99. The number of fused-ring (bicyclic) bond motifs is 1. The predicted molar refractivity (Wildman–Crippen MR) is 111 cm³/mol. The first-order valence-corrected chi connectivity index (χ1v) is 10.7. The molecule has 4 rings (SSSR count). The zero-order valence-corrected chi connectivity index (χ0v) is 16.6. The van der Waals surface area contributed by atoms with Crippen LogP contribution in [0.1, 0.15) is 25.7 Å². The summed E-state index contributed by atoms with van der Waals surface area (Å²) in [5.74, 6) is -0.981. The zero-order chi connectivity index (χ0) is 19.7. The molecule has 0 aliphatic heterocycles. The Morgan fingerprint density at radius 1 is 1.07 bits per heavy atom. The van der Waals surface area contributed by atoms with Crippen molar-refractivity contribution in [2.75, 3.05) is 0 Å². The van der Waals surface area contributed by atoms with E-state index >= 15 is 0 Å². The lowest BCUT2D eigenvalue weighted by Crippen LogP contribution is -2.36. The van der Waals surface area contributed by atoms with Crippen molar-refractivity contribution in [2.24, 2.45) is 13.0 Å². The van der Waals surface area contributed by atoms with Gasteiger partial charge in [0.1, 0.15) is 11.0 Å². The van der Waals surface area contributed by atoms with E-state index in [2.05, 4.69) is 27.5 Å². The average Bonchev–Trinajstić information content (AvgIpc) is 3.05. The highest BCUT2D eigenvalue weighted by Gasteiger charge is 2.26. The van der Waals surface area contributed by atoms with Gasteiger partial charge in [-0.25, -0.2) is 8.93 Å². The van der Waals surface area contributed by atoms with E-state index in [0.29, 0.717) is 12.8 Å². The van der Waals surface area contributed by atoms with Crippen LogP contribution in [0.2, 0.25) is 0 Å². The Hall–Kier alpha value is -2.44. The van der Waals surface area contributed by atoms with Crippen molar-refractivity contribution in [1.29, 1.82) is 0 Å². The minimum atomic E-state index is -1.31. The largest absolute Gasteiger partial charge is 0.481 e. The summed E-state index contributed by atoms with van der Waals surface area (Å²) in [5, 5.41) is 10.2. The van der Waals surface area contributed by atoms with Gasteiger partial charge in [0.15, 0.2) is 0 Å². The lowest BCUT2D eigenvalue weighted by molar-refractivity contribution is -0.142. The van der Waals surface area contributed by atoms with Crippen LogP contribution < -0.4 is 4.72 Å². The number of aliphatic carboxylic acids is 1. The van der Waals surface area contributed by atoms with E-state index in [4.69, 9.17) is 5.11 Å². The highest BCUT2D eigenvalue weighted by Crippen LogP contribution is 2.29. The van der Waals surface area contributed by atoms with Crippen molar-refractivity contribution in [3.05, 3.63) is 54.6 Å². The standard InChI is InChI=1S/C22H24N2O3S/c1-24-20(15-5-3-2-4-6-15)13-17-9-12-19(14-21(17)24)28(27)23-18-10-7-16(8-11-18)22(25)26/h2-6,9,12-14,16,18,23H,7-8,10-11H2,1H3,(H,25,26). The average molecular weight is 397 g/mol. The maximum Gasteiger partial charge on any atom is 0.306 e. The Labute approximate surface area is 167 Å². The Morgan fingerprint density at radius 3 is 2.46 bits per heavy atom. The van der Waals surface area contributed by atoms with Gasteiger partial charge in [0.2, 0.25) is 0 Å². The van der Waals surface area contributed by atoms with Crippen molar-refractivity contribution >= 4 is 27.9 Å². The smallest absolute Gasteiger partial charge is 0.306 e. The zero-order valence-electron chi connectivity index (χ0n) is 15.8. The van der Waals surface area contributed by atoms with Crippen molar-refractivity contribution in [2.45, 2.75) is 36.6 Å². The van der Waals surface area contributed by atoms with Gasteiger partial charge in [0, 0.05) is 29.7 Å². The van der Waals surface area contributed by atoms with Gasteiger partial charge in [0.25, 0.3) is 0 Å². The number of nitrogens with zero attached hydrogens (tertiary/aromatic N) is 1. The molecule has 0 bridgehead atoms. The molecule has 3 aromatic rings. The normalized spacial score (nSPS) is 20.9. The van der Waals surface area contributed by atoms with Crippen molar-refractivity contribution in [1.82, 2.24) is 9.29 Å². The second-order valence-electron chi connectivity index (χ2n) is 7.45. The van der Waals surface area contributed by atoms with Gasteiger partial charge < -0.3 is 9.67 Å². The van der Waals surface area contributed by atoms with Crippen LogP contribution in [-0.4, -0.2) is 25.9 Å². The quantitative estimate of drug-likeness (QED) is 0.682. The van der Waals surface area contributed by atoms with E-state index in [1.807, 2.05) is 43.4 Å². The second-order valence-corrected chi connectivity index (χ2v) is 8.69. The van der Waals surface area contributed by atoms with Gasteiger partial charge in [-0.2, -0.15) is 0 Å². The molecular formula is C22H24N2O3S. The number of hydrogen-bond acceptors (Lipinski definition) is 2. The molecule has 1 heterocycles. The summed E-state index contributed by atoms with van der Waals surface area (Å²) < 4.78 is 18.2. The summed E-state index contributed by atoms with van der Waals surface area (Å²) in [6, 6.07) is 18.4. The van der Waals surface area contributed by atoms with Gasteiger partial charge in [0.05, 0.1) is 10.8 Å². The molecule has 146 valence electrons. The van der Waals surface area contributed by atoms with Crippen LogP contribution in [0.5, 0.6) is 0 Å². The summed E-state index contributed by atoms with van der Waals surface area (Å²) in [4.78, 5) is 11.8. The molecule has 28 heavy (non-hydrogen) atoms. The lowest BCUT2D eigenvalue weighted by Gasteiger charge is -2.26. The summed E-state index contributed by atoms with van der Waals surface area (Å²) in [6.07, 6.45) is 2.77. The number of nitrogens with one attached hydrogen (secondary N) is 1. The predicted octanol–water partition coefficient (Wildman–Crippen LogP) is 4.10. The first kappa shape index (κ1) is 18.9. The van der Waals surface area contributed by atoms with Crippen molar-refractivity contribution < 1.29 is 14.1 Å². The fraction of sp³-hybridized carbons (Fsp3) is 0.318. The number of carbonyl (C=O) groups is 1. The molecule has 0 radical (unpaired) electrons. The monoisotopic (exact) mass is 396 g/mol. The molecule has 1 aromatic heterocycles. The molecular weight excluding hydrogens is 372 g/mol. The molecule has 1 aliphatic rings. The van der Waals surface area contributed by atoms with Gasteiger partial charge >= 0.3 is 5.97 Å². The number of carboxylic acid groups (broad SMARTS) is 1. The van der Waals surface area contributed by atoms with Crippen LogP contribution >= 0.6 is 0 Å². The molecule has 1 atom stereocenters. The molecule has 2 N–H and O–H groups in total.